The van der Waals surface area contributed by atoms with E-state index in [1.807, 2.05) is 0 Å². The molecule has 1 spiro atoms. The number of carbonyl (C=O) groups is 2. The van der Waals surface area contributed by atoms with Gasteiger partial charge in [-0.05, 0) is 43.9 Å². The number of nitrogens with one attached hydrogen (secondary N) is 1. The second-order valence-electron chi connectivity index (χ2n) is 8.33. The van der Waals surface area contributed by atoms with E-state index in [-0.39, 0.29) is 34.8 Å². The fourth-order valence-electron chi connectivity index (χ4n) is 4.95. The van der Waals surface area contributed by atoms with Crippen LogP contribution in [-0.4, -0.2) is 49.1 Å². The predicted octanol–water partition coefficient (Wildman–Crippen LogP) is 2.89. The van der Waals surface area contributed by atoms with Gasteiger partial charge in [-0.1, -0.05) is 12.8 Å². The van der Waals surface area contributed by atoms with Crippen molar-refractivity contribution >= 4 is 11.8 Å². The molecule has 2 saturated heterocycles. The van der Waals surface area contributed by atoms with Gasteiger partial charge in [0.25, 0.3) is 5.91 Å². The van der Waals surface area contributed by atoms with Crippen LogP contribution in [0.25, 0.3) is 0 Å². The van der Waals surface area contributed by atoms with Crippen LogP contribution in [0.15, 0.2) is 18.2 Å². The number of hydrogen-bond acceptors (Lipinski definition) is 3. The Kier molecular flexibility index (Phi) is 5.36. The van der Waals surface area contributed by atoms with E-state index >= 15 is 0 Å². The van der Waals surface area contributed by atoms with Crippen LogP contribution >= 0.6 is 0 Å². The largest absolute Gasteiger partial charge is 0.381 e. The molecule has 152 valence electrons. The van der Waals surface area contributed by atoms with Gasteiger partial charge in [0, 0.05) is 43.3 Å². The minimum absolute atomic E-state index is 0.00869. The van der Waals surface area contributed by atoms with Crippen LogP contribution in [0.5, 0.6) is 0 Å². The molecule has 0 bridgehead atoms. The lowest BCUT2D eigenvalue weighted by Gasteiger charge is -2.37. The van der Waals surface area contributed by atoms with Crippen molar-refractivity contribution < 1.29 is 23.1 Å². The Morgan fingerprint density at radius 2 is 1.82 bits per heavy atom. The van der Waals surface area contributed by atoms with Gasteiger partial charge in [-0.2, -0.15) is 0 Å². The number of carbonyl (C=O) groups excluding carboxylic acids is 2. The molecule has 1 saturated carbocycles. The van der Waals surface area contributed by atoms with Crippen LogP contribution in [0.2, 0.25) is 0 Å². The van der Waals surface area contributed by atoms with Crippen LogP contribution in [0.4, 0.5) is 8.78 Å². The highest BCUT2D eigenvalue weighted by atomic mass is 19.2. The number of likely N-dealkylation sites (tertiary alicyclic amines) is 1. The van der Waals surface area contributed by atoms with Gasteiger partial charge in [0.1, 0.15) is 0 Å². The third kappa shape index (κ3) is 3.64. The van der Waals surface area contributed by atoms with Crippen LogP contribution in [-0.2, 0) is 9.53 Å². The first-order valence-electron chi connectivity index (χ1n) is 10.1. The van der Waals surface area contributed by atoms with Crippen LogP contribution in [0.3, 0.4) is 0 Å². The molecular formula is C21H26F2N2O3. The van der Waals surface area contributed by atoms with Gasteiger partial charge in [-0.15, -0.1) is 0 Å². The smallest absolute Gasteiger partial charge is 0.254 e. The van der Waals surface area contributed by atoms with E-state index in [0.717, 1.165) is 50.7 Å². The topological polar surface area (TPSA) is 58.6 Å². The second kappa shape index (κ2) is 7.78. The van der Waals surface area contributed by atoms with Gasteiger partial charge in [0.05, 0.1) is 5.92 Å². The molecule has 1 aromatic carbocycles. The van der Waals surface area contributed by atoms with E-state index in [2.05, 4.69) is 5.32 Å². The summed E-state index contributed by atoms with van der Waals surface area (Å²) in [4.78, 5) is 27.6. The van der Waals surface area contributed by atoms with Gasteiger partial charge in [-0.3, -0.25) is 9.59 Å². The Morgan fingerprint density at radius 3 is 2.50 bits per heavy atom. The summed E-state index contributed by atoms with van der Waals surface area (Å²) in [6.07, 6.45) is 5.72. The van der Waals surface area contributed by atoms with E-state index in [9.17, 15) is 18.4 Å². The number of rotatable bonds is 3. The maximum atomic E-state index is 13.6. The SMILES string of the molecule is O=C(NC1CCCC1)C1CN(C(=O)c2ccc(F)c(F)c2)CC12CCOCC2. The molecule has 1 aliphatic carbocycles. The maximum absolute atomic E-state index is 13.6. The number of halogens is 2. The average molecular weight is 392 g/mol. The van der Waals surface area contributed by atoms with Gasteiger partial charge in [-0.25, -0.2) is 8.78 Å². The van der Waals surface area contributed by atoms with Crippen molar-refractivity contribution in [2.75, 3.05) is 26.3 Å². The quantitative estimate of drug-likeness (QED) is 0.861. The minimum atomic E-state index is -1.04. The molecule has 0 aromatic heterocycles. The van der Waals surface area contributed by atoms with Crippen molar-refractivity contribution in [3.05, 3.63) is 35.4 Å². The summed E-state index contributed by atoms with van der Waals surface area (Å²) >= 11 is 0. The highest BCUT2D eigenvalue weighted by Crippen LogP contribution is 2.45. The molecule has 3 fully saturated rings. The Morgan fingerprint density at radius 1 is 1.11 bits per heavy atom. The summed E-state index contributed by atoms with van der Waals surface area (Å²) in [7, 11) is 0. The number of benzene rings is 1. The summed E-state index contributed by atoms with van der Waals surface area (Å²) in [6.45, 7) is 1.88. The molecule has 1 unspecified atom stereocenters. The maximum Gasteiger partial charge on any atom is 0.254 e. The molecule has 1 aromatic rings. The zero-order valence-corrected chi connectivity index (χ0v) is 15.9. The highest BCUT2D eigenvalue weighted by molar-refractivity contribution is 5.95. The first-order chi connectivity index (χ1) is 13.5. The molecule has 4 rings (SSSR count). The predicted molar refractivity (Wildman–Crippen MR) is 98.6 cm³/mol. The molecule has 1 N–H and O–H groups in total. The van der Waals surface area contributed by atoms with Gasteiger partial charge in [0.2, 0.25) is 5.91 Å². The van der Waals surface area contributed by atoms with E-state index in [1.54, 1.807) is 4.90 Å². The van der Waals surface area contributed by atoms with Crippen LogP contribution in [0, 0.1) is 23.0 Å². The molecule has 1 atom stereocenters. The first kappa shape index (κ1) is 19.3. The van der Waals surface area contributed by atoms with Crippen LogP contribution < -0.4 is 5.32 Å². The third-order valence-electron chi connectivity index (χ3n) is 6.61. The molecule has 3 aliphatic rings. The summed E-state index contributed by atoms with van der Waals surface area (Å²) in [5, 5.41) is 3.18. The first-order valence-corrected chi connectivity index (χ1v) is 10.1. The van der Waals surface area contributed by atoms with E-state index in [0.29, 0.717) is 26.3 Å². The van der Waals surface area contributed by atoms with Crippen LogP contribution in [0.1, 0.15) is 48.9 Å². The van der Waals surface area contributed by atoms with Crippen molar-refractivity contribution in [1.82, 2.24) is 10.2 Å². The molecular weight excluding hydrogens is 366 g/mol. The Hall–Kier alpha value is -2.02. The number of amides is 2. The Bertz CT molecular complexity index is 758. The summed E-state index contributed by atoms with van der Waals surface area (Å²) in [6, 6.07) is 3.41. The summed E-state index contributed by atoms with van der Waals surface area (Å²) in [5.74, 6) is -2.67. The third-order valence-corrected chi connectivity index (χ3v) is 6.61. The minimum Gasteiger partial charge on any atom is -0.381 e. The average Bonchev–Trinajstić information content (AvgIpc) is 3.32. The van der Waals surface area contributed by atoms with Crippen molar-refractivity contribution in [1.29, 1.82) is 0 Å². The molecule has 2 amide bonds. The van der Waals surface area contributed by atoms with Crippen molar-refractivity contribution in [3.8, 4) is 0 Å². The summed E-state index contributed by atoms with van der Waals surface area (Å²) < 4.78 is 32.3. The van der Waals surface area contributed by atoms with E-state index in [1.165, 1.54) is 6.07 Å². The highest BCUT2D eigenvalue weighted by Gasteiger charge is 2.52. The molecule has 7 heteroatoms. The standard InChI is InChI=1S/C21H26F2N2O3/c22-17-6-5-14(11-18(17)23)20(27)25-12-16(19(26)24-15-3-1-2-4-15)21(13-25)7-9-28-10-8-21/h5-6,11,15-16H,1-4,7-10,12-13H2,(H,24,26). The van der Waals surface area contributed by atoms with Crippen molar-refractivity contribution in [2.24, 2.45) is 11.3 Å². The summed E-state index contributed by atoms with van der Waals surface area (Å²) in [5.41, 5.74) is -0.201. The molecule has 28 heavy (non-hydrogen) atoms. The lowest BCUT2D eigenvalue weighted by molar-refractivity contribution is -0.130. The number of nitrogens with zero attached hydrogens (tertiary/aromatic N) is 1. The monoisotopic (exact) mass is 392 g/mol. The normalized spacial score (nSPS) is 24.6. The van der Waals surface area contributed by atoms with Gasteiger partial charge < -0.3 is 15.0 Å². The van der Waals surface area contributed by atoms with Crippen molar-refractivity contribution in [3.63, 3.8) is 0 Å². The zero-order valence-electron chi connectivity index (χ0n) is 15.9. The fraction of sp³-hybridized carbons (Fsp3) is 0.619. The van der Waals surface area contributed by atoms with Crippen molar-refractivity contribution in [2.45, 2.75) is 44.6 Å². The zero-order chi connectivity index (χ0) is 19.7. The van der Waals surface area contributed by atoms with E-state index in [4.69, 9.17) is 4.74 Å². The van der Waals surface area contributed by atoms with Gasteiger partial charge >= 0.3 is 0 Å². The molecule has 2 heterocycles. The number of hydrogen-bond donors (Lipinski definition) is 1. The number of ether oxygens (including phenoxy) is 1. The fourth-order valence-corrected chi connectivity index (χ4v) is 4.95. The Labute approximate surface area is 163 Å². The van der Waals surface area contributed by atoms with Gasteiger partial charge in [0.15, 0.2) is 11.6 Å². The molecule has 2 aliphatic heterocycles. The molecule has 0 radical (unpaired) electrons. The Balaban J connectivity index is 1.54. The lowest BCUT2D eigenvalue weighted by atomic mass is 9.71. The molecule has 5 nitrogen and oxygen atoms in total. The van der Waals surface area contributed by atoms with E-state index < -0.39 is 11.6 Å². The second-order valence-corrected chi connectivity index (χ2v) is 8.33. The lowest BCUT2D eigenvalue weighted by Crippen LogP contribution is -2.46.